The molecule has 1 aromatic rings. The number of benzene rings is 1. The standard InChI is InChI=1S/C18H25N3O3S2.CH4O3S/c1-13(20)25-15-6-8-16(9-7-15)26(23,24)12-14-4-2-3-5-17(14)18(22)21-11-10-19;1-5(2,3)4/h6-9,13-14,17H,2-5,11-12,20H2,1H3,(H,21,22);1H3,(H,2,3,4)/t13?,14-,17+;/m1./s1. The van der Waals surface area contributed by atoms with Crippen LogP contribution < -0.4 is 11.1 Å². The fourth-order valence-corrected chi connectivity index (χ4v) is 5.76. The van der Waals surface area contributed by atoms with E-state index in [1.807, 2.05) is 13.0 Å². The second-order valence-electron chi connectivity index (χ2n) is 7.34. The highest BCUT2D eigenvalue weighted by Gasteiger charge is 2.34. The lowest BCUT2D eigenvalue weighted by Gasteiger charge is -2.30. The summed E-state index contributed by atoms with van der Waals surface area (Å²) in [7, 11) is -7.14. The lowest BCUT2D eigenvalue weighted by Crippen LogP contribution is -2.39. The highest BCUT2D eigenvalue weighted by atomic mass is 32.2. The Hall–Kier alpha value is -1.65. The maximum atomic E-state index is 12.8. The minimum absolute atomic E-state index is 0.0442. The molecule has 1 amide bonds. The molecular weight excluding hydrogens is 462 g/mol. The van der Waals surface area contributed by atoms with E-state index in [0.29, 0.717) is 19.1 Å². The molecule has 2 rings (SSSR count). The predicted octanol–water partition coefficient (Wildman–Crippen LogP) is 1.81. The van der Waals surface area contributed by atoms with Crippen LogP contribution in [0, 0.1) is 23.2 Å². The summed E-state index contributed by atoms with van der Waals surface area (Å²) in [5.41, 5.74) is 5.74. The van der Waals surface area contributed by atoms with E-state index in [1.54, 1.807) is 24.3 Å². The zero-order valence-electron chi connectivity index (χ0n) is 17.5. The Labute approximate surface area is 188 Å². The van der Waals surface area contributed by atoms with E-state index in [4.69, 9.17) is 15.5 Å². The molecule has 0 saturated heterocycles. The van der Waals surface area contributed by atoms with Crippen molar-refractivity contribution in [2.45, 2.75) is 47.8 Å². The van der Waals surface area contributed by atoms with E-state index in [2.05, 4.69) is 5.32 Å². The lowest BCUT2D eigenvalue weighted by molar-refractivity contribution is -0.127. The zero-order chi connectivity index (χ0) is 23.7. The molecule has 0 aliphatic heterocycles. The van der Waals surface area contributed by atoms with Crippen molar-refractivity contribution in [2.75, 3.05) is 18.6 Å². The second-order valence-corrected chi connectivity index (χ2v) is 12.3. The van der Waals surface area contributed by atoms with Gasteiger partial charge in [0.2, 0.25) is 5.91 Å². The van der Waals surface area contributed by atoms with Crippen LogP contribution in [0.5, 0.6) is 0 Å². The van der Waals surface area contributed by atoms with Gasteiger partial charge in [0.1, 0.15) is 6.54 Å². The fraction of sp³-hybridized carbons (Fsp3) is 0.579. The molecule has 9 nitrogen and oxygen atoms in total. The van der Waals surface area contributed by atoms with Gasteiger partial charge in [-0.25, -0.2) is 8.42 Å². The van der Waals surface area contributed by atoms with Gasteiger partial charge in [-0.1, -0.05) is 12.8 Å². The van der Waals surface area contributed by atoms with Crippen LogP contribution >= 0.6 is 11.8 Å². The number of nitrogens with zero attached hydrogens (tertiary/aromatic N) is 1. The Morgan fingerprint density at radius 2 is 1.81 bits per heavy atom. The van der Waals surface area contributed by atoms with Crippen molar-refractivity contribution in [3.63, 3.8) is 0 Å². The molecule has 31 heavy (non-hydrogen) atoms. The number of carbonyl (C=O) groups excluding carboxylic acids is 1. The van der Waals surface area contributed by atoms with Crippen LogP contribution in [0.25, 0.3) is 0 Å². The van der Waals surface area contributed by atoms with E-state index in [-0.39, 0.29) is 40.3 Å². The van der Waals surface area contributed by atoms with Gasteiger partial charge in [0.15, 0.2) is 9.84 Å². The van der Waals surface area contributed by atoms with Crippen molar-refractivity contribution in [3.05, 3.63) is 24.3 Å². The molecule has 1 aromatic carbocycles. The molecule has 1 saturated carbocycles. The first kappa shape index (κ1) is 27.4. The number of thioether (sulfide) groups is 1. The van der Waals surface area contributed by atoms with Crippen LogP contribution in [0.2, 0.25) is 0 Å². The molecule has 0 aromatic heterocycles. The summed E-state index contributed by atoms with van der Waals surface area (Å²) in [5, 5.41) is 11.1. The summed E-state index contributed by atoms with van der Waals surface area (Å²) in [6.07, 6.45) is 3.92. The van der Waals surface area contributed by atoms with Gasteiger partial charge >= 0.3 is 0 Å². The average Bonchev–Trinajstić information content (AvgIpc) is 2.65. The van der Waals surface area contributed by atoms with Gasteiger partial charge < -0.3 is 11.1 Å². The van der Waals surface area contributed by atoms with Gasteiger partial charge in [0.05, 0.1) is 28.3 Å². The van der Waals surface area contributed by atoms with Gasteiger partial charge in [-0.2, -0.15) is 13.7 Å². The third-order valence-corrected chi connectivity index (χ3v) is 7.30. The minimum atomic E-state index is -3.67. The molecule has 1 fully saturated rings. The van der Waals surface area contributed by atoms with Gasteiger partial charge in [-0.3, -0.25) is 9.35 Å². The summed E-state index contributed by atoms with van der Waals surface area (Å²) >= 11 is 1.47. The molecule has 3 atom stereocenters. The predicted molar refractivity (Wildman–Crippen MR) is 120 cm³/mol. The Kier molecular flexibility index (Phi) is 11.0. The first-order valence-electron chi connectivity index (χ1n) is 9.65. The van der Waals surface area contributed by atoms with E-state index in [0.717, 1.165) is 17.7 Å². The van der Waals surface area contributed by atoms with Crippen molar-refractivity contribution in [3.8, 4) is 6.07 Å². The number of nitriles is 1. The highest BCUT2D eigenvalue weighted by Crippen LogP contribution is 2.33. The summed E-state index contributed by atoms with van der Waals surface area (Å²) in [5.74, 6) is -0.822. The maximum absolute atomic E-state index is 12.8. The van der Waals surface area contributed by atoms with Crippen molar-refractivity contribution in [1.82, 2.24) is 5.32 Å². The van der Waals surface area contributed by atoms with Crippen LogP contribution in [0.1, 0.15) is 32.6 Å². The molecule has 4 N–H and O–H groups in total. The van der Waals surface area contributed by atoms with E-state index < -0.39 is 20.0 Å². The molecule has 12 heteroatoms. The molecule has 0 radical (unpaired) electrons. The molecule has 0 spiro atoms. The normalized spacial score (nSPS) is 20.0. The number of hydrogen-bond donors (Lipinski definition) is 3. The quantitative estimate of drug-likeness (QED) is 0.223. The van der Waals surface area contributed by atoms with Crippen LogP contribution in [0.4, 0.5) is 0 Å². The number of carbonyl (C=O) groups is 1. The minimum Gasteiger partial charge on any atom is -0.343 e. The van der Waals surface area contributed by atoms with Crippen molar-refractivity contribution in [1.29, 1.82) is 5.26 Å². The van der Waals surface area contributed by atoms with Gasteiger partial charge in [0.25, 0.3) is 10.1 Å². The Morgan fingerprint density at radius 1 is 1.26 bits per heavy atom. The Morgan fingerprint density at radius 3 is 2.32 bits per heavy atom. The number of hydrogen-bond acceptors (Lipinski definition) is 8. The van der Waals surface area contributed by atoms with E-state index >= 15 is 0 Å². The summed E-state index contributed by atoms with van der Waals surface area (Å²) < 4.78 is 51.5. The summed E-state index contributed by atoms with van der Waals surface area (Å²) in [6, 6.07) is 8.62. The highest BCUT2D eigenvalue weighted by molar-refractivity contribution is 7.99. The number of amides is 1. The SMILES string of the molecule is CC(N)Sc1ccc(S(=O)(=O)C[C@H]2CCCC[C@@H]2C(=O)NCC#N)cc1.CS(=O)(=O)O. The third-order valence-electron chi connectivity index (χ3n) is 4.53. The Bertz CT molecular complexity index is 962. The fourth-order valence-electron chi connectivity index (χ4n) is 3.33. The summed E-state index contributed by atoms with van der Waals surface area (Å²) in [6.45, 7) is 1.82. The van der Waals surface area contributed by atoms with Crippen molar-refractivity contribution < 1.29 is 26.2 Å². The molecule has 1 unspecified atom stereocenters. The maximum Gasteiger partial charge on any atom is 0.261 e. The number of nitrogens with two attached hydrogens (primary N) is 1. The molecule has 174 valence electrons. The molecule has 0 heterocycles. The van der Waals surface area contributed by atoms with Crippen molar-refractivity contribution in [2.24, 2.45) is 17.6 Å². The van der Waals surface area contributed by atoms with Gasteiger partial charge in [-0.05, 0) is 49.9 Å². The van der Waals surface area contributed by atoms with Gasteiger partial charge in [0, 0.05) is 10.8 Å². The van der Waals surface area contributed by atoms with Crippen LogP contribution in [-0.4, -0.2) is 51.2 Å². The molecular formula is C19H29N3O6S3. The largest absolute Gasteiger partial charge is 0.343 e. The topological polar surface area (TPSA) is 167 Å². The van der Waals surface area contributed by atoms with Crippen LogP contribution in [-0.2, 0) is 24.7 Å². The smallest absolute Gasteiger partial charge is 0.261 e. The number of sulfone groups is 1. The van der Waals surface area contributed by atoms with Crippen LogP contribution in [0.3, 0.4) is 0 Å². The summed E-state index contributed by atoms with van der Waals surface area (Å²) in [4.78, 5) is 13.5. The third kappa shape index (κ3) is 11.0. The first-order valence-corrected chi connectivity index (χ1v) is 14.0. The van der Waals surface area contributed by atoms with E-state index in [9.17, 15) is 21.6 Å². The molecule has 1 aliphatic carbocycles. The first-order chi connectivity index (χ1) is 14.3. The van der Waals surface area contributed by atoms with Gasteiger partial charge in [-0.15, -0.1) is 11.8 Å². The molecule has 1 aliphatic rings. The van der Waals surface area contributed by atoms with Crippen LogP contribution in [0.15, 0.2) is 34.1 Å². The average molecular weight is 492 g/mol. The zero-order valence-corrected chi connectivity index (χ0v) is 20.0. The van der Waals surface area contributed by atoms with E-state index in [1.165, 1.54) is 11.8 Å². The number of nitrogens with one attached hydrogen (secondary N) is 1. The lowest BCUT2D eigenvalue weighted by atomic mass is 9.80. The monoisotopic (exact) mass is 491 g/mol. The molecule has 0 bridgehead atoms. The number of rotatable bonds is 7. The second kappa shape index (κ2) is 12.4. The Balaban J connectivity index is 0.000000861. The van der Waals surface area contributed by atoms with Crippen molar-refractivity contribution >= 4 is 37.6 Å².